The summed E-state index contributed by atoms with van der Waals surface area (Å²) >= 11 is 0. The molecule has 1 N–H and O–H groups in total. The molecule has 0 aliphatic carbocycles. The standard InChI is InChI=1S/C6H19NSi2.C5H9O2.Li/c1-8(2,3)7-9(4,5)6;1-5(2,3)7-4-6;/h7H,1-6H3;1-3H3;/q;-1;+1. The summed E-state index contributed by atoms with van der Waals surface area (Å²) in [5, 5.41) is 0. The summed E-state index contributed by atoms with van der Waals surface area (Å²) in [5.41, 5.74) is -0.373. The van der Waals surface area contributed by atoms with Crippen LogP contribution in [0.3, 0.4) is 0 Å². The van der Waals surface area contributed by atoms with Crippen molar-refractivity contribution in [1.29, 1.82) is 0 Å². The van der Waals surface area contributed by atoms with Gasteiger partial charge >= 0.3 is 18.9 Å². The van der Waals surface area contributed by atoms with Gasteiger partial charge in [-0.15, -0.1) is 0 Å². The van der Waals surface area contributed by atoms with Gasteiger partial charge in [0.05, 0.1) is 5.60 Å². The summed E-state index contributed by atoms with van der Waals surface area (Å²) in [5.74, 6) is 0. The van der Waals surface area contributed by atoms with E-state index in [1.807, 2.05) is 0 Å². The van der Waals surface area contributed by atoms with Crippen molar-refractivity contribution >= 4 is 22.9 Å². The largest absolute Gasteiger partial charge is 1.00 e. The number of carbonyl (C=O) groups excluding carboxylic acids is 1. The van der Waals surface area contributed by atoms with E-state index < -0.39 is 16.5 Å². The second-order valence-corrected chi connectivity index (χ2v) is 16.9. The van der Waals surface area contributed by atoms with E-state index in [1.165, 1.54) is 6.47 Å². The van der Waals surface area contributed by atoms with Crippen molar-refractivity contribution in [1.82, 2.24) is 4.65 Å². The van der Waals surface area contributed by atoms with Gasteiger partial charge in [-0.05, 0) is 20.8 Å². The van der Waals surface area contributed by atoms with Crippen LogP contribution in [0.2, 0.25) is 39.3 Å². The van der Waals surface area contributed by atoms with Gasteiger partial charge in [-0.1, -0.05) is 45.8 Å². The van der Waals surface area contributed by atoms with E-state index in [2.05, 4.69) is 48.7 Å². The third-order valence-electron chi connectivity index (χ3n) is 1.10. The first kappa shape index (κ1) is 22.6. The van der Waals surface area contributed by atoms with Crippen LogP contribution in [0.15, 0.2) is 0 Å². The van der Waals surface area contributed by atoms with Gasteiger partial charge in [-0.25, -0.2) is 0 Å². The molecule has 0 saturated carbocycles. The van der Waals surface area contributed by atoms with Crippen LogP contribution in [0.1, 0.15) is 20.8 Å². The van der Waals surface area contributed by atoms with Gasteiger partial charge in [-0.2, -0.15) is 0 Å². The Labute approximate surface area is 121 Å². The van der Waals surface area contributed by atoms with Crippen LogP contribution in [0.5, 0.6) is 0 Å². The van der Waals surface area contributed by atoms with Gasteiger partial charge in [-0.3, -0.25) is 0 Å². The van der Waals surface area contributed by atoms with Crippen molar-refractivity contribution in [2.24, 2.45) is 0 Å². The molecule has 0 spiro atoms. The van der Waals surface area contributed by atoms with Gasteiger partial charge in [0.25, 0.3) is 0 Å². The van der Waals surface area contributed by atoms with Gasteiger partial charge < -0.3 is 14.2 Å². The zero-order valence-corrected chi connectivity index (χ0v) is 15.3. The van der Waals surface area contributed by atoms with Crippen molar-refractivity contribution in [2.45, 2.75) is 65.7 Å². The summed E-state index contributed by atoms with van der Waals surface area (Å²) in [4.78, 5) is 9.47. The molecule has 0 aromatic heterocycles. The minimum Gasteiger partial charge on any atom is -0.649 e. The molecule has 0 rings (SSSR count). The van der Waals surface area contributed by atoms with E-state index in [9.17, 15) is 4.79 Å². The van der Waals surface area contributed by atoms with E-state index in [1.54, 1.807) is 20.8 Å². The number of hydrogen-bond acceptors (Lipinski definition) is 3. The molecule has 0 aliphatic heterocycles. The normalized spacial score (nSPS) is 11.8. The first-order valence-corrected chi connectivity index (χ1v) is 12.6. The fraction of sp³-hybridized carbons (Fsp3) is 0.909. The molecule has 0 atom stereocenters. The molecule has 0 fully saturated rings. The summed E-state index contributed by atoms with van der Waals surface area (Å²) in [6.45, 7) is 20.8. The van der Waals surface area contributed by atoms with Crippen molar-refractivity contribution in [3.05, 3.63) is 0 Å². The molecule has 17 heavy (non-hydrogen) atoms. The maximum absolute atomic E-state index is 9.47. The molecule has 0 aliphatic rings. The third kappa shape index (κ3) is 31.5. The number of ether oxygens (including phenoxy) is 1. The summed E-state index contributed by atoms with van der Waals surface area (Å²) in [7, 11) is -1.96. The van der Waals surface area contributed by atoms with Crippen molar-refractivity contribution in [3.8, 4) is 0 Å². The predicted octanol–water partition coefficient (Wildman–Crippen LogP) is 0.119. The Morgan fingerprint density at radius 1 is 0.941 bits per heavy atom. The smallest absolute Gasteiger partial charge is 0.649 e. The SMILES string of the molecule is CC(C)(C)O[C-]=O.C[Si](C)(C)N[Si](C)(C)C.[Li+]. The molecule has 0 unspecified atom stereocenters. The predicted molar refractivity (Wildman–Crippen MR) is 76.4 cm³/mol. The van der Waals surface area contributed by atoms with Crippen LogP contribution < -0.4 is 23.5 Å². The maximum atomic E-state index is 9.47. The molecule has 6 heteroatoms. The van der Waals surface area contributed by atoms with E-state index >= 15 is 0 Å². The average molecular weight is 269 g/mol. The topological polar surface area (TPSA) is 38.3 Å². The third-order valence-corrected chi connectivity index (χ3v) is 7.10. The molecule has 0 aromatic rings. The minimum atomic E-state index is -0.981. The van der Waals surface area contributed by atoms with Crippen molar-refractivity contribution < 1.29 is 28.4 Å². The Kier molecular flexibility index (Phi) is 11.4. The number of rotatable bonds is 3. The van der Waals surface area contributed by atoms with Crippen molar-refractivity contribution in [2.75, 3.05) is 0 Å². The van der Waals surface area contributed by atoms with Gasteiger partial charge in [0.2, 0.25) is 0 Å². The first-order valence-electron chi connectivity index (χ1n) is 5.61. The van der Waals surface area contributed by atoms with E-state index in [4.69, 9.17) is 0 Å². The van der Waals surface area contributed by atoms with Crippen LogP contribution in [0.25, 0.3) is 0 Å². The van der Waals surface area contributed by atoms with Crippen LogP contribution >= 0.6 is 0 Å². The van der Waals surface area contributed by atoms with E-state index in [0.29, 0.717) is 0 Å². The minimum absolute atomic E-state index is 0. The van der Waals surface area contributed by atoms with Crippen LogP contribution in [-0.2, 0) is 9.53 Å². The summed E-state index contributed by atoms with van der Waals surface area (Å²) < 4.78 is 8.16. The average Bonchev–Trinajstić information content (AvgIpc) is 1.73. The Balaban J connectivity index is -0.000000224. The Morgan fingerprint density at radius 2 is 1.24 bits per heavy atom. The molecule has 0 saturated heterocycles. The molecular formula is C11H28LiNO2Si2. The first-order chi connectivity index (χ1) is 6.77. The fourth-order valence-corrected chi connectivity index (χ4v) is 10.2. The Hall–Kier alpha value is 0.461. The molecule has 98 valence electrons. The summed E-state index contributed by atoms with van der Waals surface area (Å²) in [6.07, 6.45) is 0. The Bertz CT molecular complexity index is 193. The van der Waals surface area contributed by atoms with Crippen LogP contribution in [0, 0.1) is 0 Å². The number of hydrogen-bond donors (Lipinski definition) is 1. The molecule has 0 bridgehead atoms. The molecule has 0 heterocycles. The van der Waals surface area contributed by atoms with Crippen molar-refractivity contribution in [3.63, 3.8) is 0 Å². The second kappa shape index (κ2) is 8.54. The number of nitrogens with one attached hydrogen (secondary N) is 1. The molecule has 3 nitrogen and oxygen atoms in total. The second-order valence-electron chi connectivity index (χ2n) is 6.92. The molecule has 0 radical (unpaired) electrons. The van der Waals surface area contributed by atoms with Gasteiger partial charge in [0.15, 0.2) is 0 Å². The summed E-state index contributed by atoms with van der Waals surface area (Å²) in [6, 6.07) is 0. The molecular weight excluding hydrogens is 241 g/mol. The van der Waals surface area contributed by atoms with E-state index in [0.717, 1.165) is 0 Å². The maximum Gasteiger partial charge on any atom is 1.00 e. The molecule has 0 aromatic carbocycles. The monoisotopic (exact) mass is 269 g/mol. The zero-order chi connectivity index (χ0) is 13.6. The van der Waals surface area contributed by atoms with Crippen LogP contribution in [0.4, 0.5) is 0 Å². The Morgan fingerprint density at radius 3 is 1.24 bits per heavy atom. The fourth-order valence-electron chi connectivity index (χ4n) is 1.25. The quantitative estimate of drug-likeness (QED) is 0.584. The van der Waals surface area contributed by atoms with Gasteiger partial charge in [0.1, 0.15) is 16.5 Å². The molecule has 0 amide bonds. The van der Waals surface area contributed by atoms with E-state index in [-0.39, 0.29) is 24.5 Å². The van der Waals surface area contributed by atoms with Gasteiger partial charge in [0, 0.05) is 0 Å². The van der Waals surface area contributed by atoms with Crippen LogP contribution in [-0.4, -0.2) is 28.5 Å². The zero-order valence-electron chi connectivity index (χ0n) is 13.3.